The van der Waals surface area contributed by atoms with Crippen LogP contribution in [0.15, 0.2) is 0 Å². The molecule has 0 unspecified atom stereocenters. The second-order valence-electron chi connectivity index (χ2n) is 3.95. The summed E-state index contributed by atoms with van der Waals surface area (Å²) in [6.45, 7) is 9.61. The van der Waals surface area contributed by atoms with Gasteiger partial charge in [-0.05, 0) is 13.8 Å². The number of hydrogen-bond donors (Lipinski definition) is 0. The van der Waals surface area contributed by atoms with Crippen molar-refractivity contribution in [3.05, 3.63) is 0 Å². The first-order chi connectivity index (χ1) is 7.60. The van der Waals surface area contributed by atoms with Crippen molar-refractivity contribution >= 4 is 11.9 Å². The highest BCUT2D eigenvalue weighted by atomic mass is 16.2. The van der Waals surface area contributed by atoms with Gasteiger partial charge in [-0.25, -0.2) is 4.79 Å². The van der Waals surface area contributed by atoms with Gasteiger partial charge in [-0.3, -0.25) is 4.79 Å². The van der Waals surface area contributed by atoms with E-state index in [1.807, 2.05) is 23.6 Å². The quantitative estimate of drug-likeness (QED) is 0.694. The first-order valence-electron chi connectivity index (χ1n) is 5.89. The number of carbonyl (C=O) groups is 2. The normalized spacial score (nSPS) is 16.2. The summed E-state index contributed by atoms with van der Waals surface area (Å²) in [4.78, 5) is 28.5. The maximum atomic E-state index is 12.0. The van der Waals surface area contributed by atoms with Crippen LogP contribution in [0.2, 0.25) is 0 Å². The smallest absolute Gasteiger partial charge is 0.320 e. The topological polar surface area (TPSA) is 43.9 Å². The molecule has 0 aliphatic carbocycles. The van der Waals surface area contributed by atoms with E-state index in [1.54, 1.807) is 11.8 Å². The van der Waals surface area contributed by atoms with Crippen molar-refractivity contribution in [3.8, 4) is 0 Å². The second kappa shape index (κ2) is 5.72. The highest BCUT2D eigenvalue weighted by Gasteiger charge is 2.24. The van der Waals surface area contributed by atoms with E-state index in [-0.39, 0.29) is 11.9 Å². The van der Waals surface area contributed by atoms with E-state index in [9.17, 15) is 9.59 Å². The molecule has 0 radical (unpaired) electrons. The summed E-state index contributed by atoms with van der Waals surface area (Å²) in [5.41, 5.74) is 0. The molecule has 1 rings (SSSR count). The van der Waals surface area contributed by atoms with Crippen molar-refractivity contribution in [2.75, 3.05) is 39.3 Å². The van der Waals surface area contributed by atoms with Gasteiger partial charge in [-0.15, -0.1) is 0 Å². The van der Waals surface area contributed by atoms with Crippen LogP contribution in [0.3, 0.4) is 0 Å². The third-order valence-electron chi connectivity index (χ3n) is 3.03. The van der Waals surface area contributed by atoms with Gasteiger partial charge in [-0.1, -0.05) is 0 Å². The minimum absolute atomic E-state index is 0.0909. The maximum Gasteiger partial charge on any atom is 0.320 e. The average molecular weight is 227 g/mol. The van der Waals surface area contributed by atoms with E-state index in [1.165, 1.54) is 0 Å². The molecule has 1 heterocycles. The fraction of sp³-hybridized carbons (Fsp3) is 0.818. The lowest BCUT2D eigenvalue weighted by Gasteiger charge is -2.36. The Morgan fingerprint density at radius 2 is 1.44 bits per heavy atom. The SMILES string of the molecule is CCN(CC)C(=O)N1CCN(C(C)=O)CC1. The van der Waals surface area contributed by atoms with Gasteiger partial charge >= 0.3 is 6.03 Å². The number of hydrogen-bond acceptors (Lipinski definition) is 2. The van der Waals surface area contributed by atoms with Crippen LogP contribution in [0.25, 0.3) is 0 Å². The summed E-state index contributed by atoms with van der Waals surface area (Å²) in [5, 5.41) is 0. The lowest BCUT2D eigenvalue weighted by molar-refractivity contribution is -0.130. The van der Waals surface area contributed by atoms with Crippen molar-refractivity contribution in [1.29, 1.82) is 0 Å². The lowest BCUT2D eigenvalue weighted by Crippen LogP contribution is -2.53. The summed E-state index contributed by atoms with van der Waals surface area (Å²) in [6, 6.07) is 0.0909. The molecule has 0 spiro atoms. The highest BCUT2D eigenvalue weighted by Crippen LogP contribution is 2.05. The molecular weight excluding hydrogens is 206 g/mol. The van der Waals surface area contributed by atoms with Crippen LogP contribution in [-0.2, 0) is 4.79 Å². The Bertz CT molecular complexity index is 256. The van der Waals surface area contributed by atoms with Crippen LogP contribution in [0.5, 0.6) is 0 Å². The summed E-state index contributed by atoms with van der Waals surface area (Å²) < 4.78 is 0. The van der Waals surface area contributed by atoms with Gasteiger partial charge in [0.2, 0.25) is 5.91 Å². The molecule has 0 aromatic heterocycles. The Labute approximate surface area is 97.0 Å². The summed E-state index contributed by atoms with van der Waals surface area (Å²) >= 11 is 0. The van der Waals surface area contributed by atoms with Crippen LogP contribution in [-0.4, -0.2) is 65.9 Å². The molecule has 1 saturated heterocycles. The largest absolute Gasteiger partial charge is 0.339 e. The molecule has 0 atom stereocenters. The summed E-state index contributed by atoms with van der Waals surface area (Å²) in [6.07, 6.45) is 0. The predicted molar refractivity (Wildman–Crippen MR) is 62.1 cm³/mol. The zero-order valence-electron chi connectivity index (χ0n) is 10.4. The van der Waals surface area contributed by atoms with E-state index in [2.05, 4.69) is 0 Å². The number of carbonyl (C=O) groups excluding carboxylic acids is 2. The van der Waals surface area contributed by atoms with Gasteiger partial charge in [0.25, 0.3) is 0 Å². The van der Waals surface area contributed by atoms with E-state index in [0.717, 1.165) is 13.1 Å². The molecule has 5 nitrogen and oxygen atoms in total. The van der Waals surface area contributed by atoms with Crippen LogP contribution in [0, 0.1) is 0 Å². The Kier molecular flexibility index (Phi) is 4.58. The third-order valence-corrected chi connectivity index (χ3v) is 3.03. The van der Waals surface area contributed by atoms with Crippen LogP contribution in [0.1, 0.15) is 20.8 Å². The number of rotatable bonds is 2. The molecule has 0 N–H and O–H groups in total. The molecule has 0 aromatic rings. The molecule has 0 aromatic carbocycles. The van der Waals surface area contributed by atoms with Crippen LogP contribution >= 0.6 is 0 Å². The zero-order chi connectivity index (χ0) is 12.1. The van der Waals surface area contributed by atoms with E-state index >= 15 is 0 Å². The van der Waals surface area contributed by atoms with Crippen molar-refractivity contribution < 1.29 is 9.59 Å². The molecule has 0 bridgehead atoms. The molecule has 16 heavy (non-hydrogen) atoms. The van der Waals surface area contributed by atoms with Gasteiger partial charge < -0.3 is 14.7 Å². The number of nitrogens with zero attached hydrogens (tertiary/aromatic N) is 3. The van der Waals surface area contributed by atoms with Gasteiger partial charge in [0.05, 0.1) is 0 Å². The van der Waals surface area contributed by atoms with Crippen molar-refractivity contribution in [1.82, 2.24) is 14.7 Å². The third kappa shape index (κ3) is 2.87. The number of amides is 3. The van der Waals surface area contributed by atoms with Crippen LogP contribution in [0.4, 0.5) is 4.79 Å². The number of urea groups is 1. The monoisotopic (exact) mass is 227 g/mol. The molecule has 92 valence electrons. The van der Waals surface area contributed by atoms with E-state index in [0.29, 0.717) is 26.2 Å². The minimum atomic E-state index is 0.0909. The molecule has 1 aliphatic heterocycles. The van der Waals surface area contributed by atoms with Gasteiger partial charge in [-0.2, -0.15) is 0 Å². The fourth-order valence-electron chi connectivity index (χ4n) is 1.91. The standard InChI is InChI=1S/C11H21N3O2/c1-4-12(5-2)11(16)14-8-6-13(7-9-14)10(3)15/h4-9H2,1-3H3. The second-order valence-corrected chi connectivity index (χ2v) is 3.95. The first-order valence-corrected chi connectivity index (χ1v) is 5.89. The number of piperazine rings is 1. The predicted octanol–water partition coefficient (Wildman–Crippen LogP) is 0.612. The first kappa shape index (κ1) is 12.8. The average Bonchev–Trinajstić information content (AvgIpc) is 2.30. The Balaban J connectivity index is 2.47. The van der Waals surface area contributed by atoms with Crippen molar-refractivity contribution in [3.63, 3.8) is 0 Å². The lowest BCUT2D eigenvalue weighted by atomic mass is 10.3. The van der Waals surface area contributed by atoms with Gasteiger partial charge in [0.1, 0.15) is 0 Å². The Morgan fingerprint density at radius 1 is 1.00 bits per heavy atom. The molecule has 1 fully saturated rings. The van der Waals surface area contributed by atoms with E-state index in [4.69, 9.17) is 0 Å². The Hall–Kier alpha value is -1.26. The molecule has 1 aliphatic rings. The minimum Gasteiger partial charge on any atom is -0.339 e. The summed E-state index contributed by atoms with van der Waals surface area (Å²) in [7, 11) is 0. The molecule has 0 saturated carbocycles. The maximum absolute atomic E-state index is 12.0. The van der Waals surface area contributed by atoms with E-state index < -0.39 is 0 Å². The highest BCUT2D eigenvalue weighted by molar-refractivity contribution is 5.76. The molecule has 5 heteroatoms. The Morgan fingerprint density at radius 3 is 1.81 bits per heavy atom. The van der Waals surface area contributed by atoms with Gasteiger partial charge in [0.15, 0.2) is 0 Å². The van der Waals surface area contributed by atoms with Crippen molar-refractivity contribution in [2.24, 2.45) is 0 Å². The van der Waals surface area contributed by atoms with Crippen molar-refractivity contribution in [2.45, 2.75) is 20.8 Å². The van der Waals surface area contributed by atoms with Gasteiger partial charge in [0, 0.05) is 46.2 Å². The molecular formula is C11H21N3O2. The zero-order valence-corrected chi connectivity index (χ0v) is 10.4. The van der Waals surface area contributed by atoms with Crippen LogP contribution < -0.4 is 0 Å². The molecule has 3 amide bonds. The summed E-state index contributed by atoms with van der Waals surface area (Å²) in [5.74, 6) is 0.0925. The fourth-order valence-corrected chi connectivity index (χ4v) is 1.91.